The van der Waals surface area contributed by atoms with Gasteiger partial charge >= 0.3 is 5.69 Å². The van der Waals surface area contributed by atoms with Gasteiger partial charge < -0.3 is 10.2 Å². The van der Waals surface area contributed by atoms with Gasteiger partial charge in [-0.2, -0.15) is 0 Å². The van der Waals surface area contributed by atoms with Crippen LogP contribution < -0.4 is 21.5 Å². The zero-order valence-electron chi connectivity index (χ0n) is 15.9. The quantitative estimate of drug-likeness (QED) is 0.601. The normalized spacial score (nSPS) is 10.8. The molecule has 2 N–H and O–H groups in total. The first-order valence-corrected chi connectivity index (χ1v) is 9.18. The van der Waals surface area contributed by atoms with Crippen molar-refractivity contribution in [3.8, 4) is 0 Å². The molecule has 0 bridgehead atoms. The zero-order chi connectivity index (χ0) is 20.1. The van der Waals surface area contributed by atoms with Crippen molar-refractivity contribution in [2.45, 2.75) is 13.3 Å². The van der Waals surface area contributed by atoms with E-state index < -0.39 is 11.2 Å². The van der Waals surface area contributed by atoms with Crippen LogP contribution in [-0.2, 0) is 7.05 Å². The van der Waals surface area contributed by atoms with Crippen LogP contribution in [0.4, 0.5) is 5.69 Å². The molecule has 0 spiro atoms. The first kappa shape index (κ1) is 19.3. The second-order valence-corrected chi connectivity index (χ2v) is 6.44. The van der Waals surface area contributed by atoms with Gasteiger partial charge in [0, 0.05) is 38.6 Å². The number of carbonyl (C=O) groups is 1. The summed E-state index contributed by atoms with van der Waals surface area (Å²) in [5.41, 5.74) is 0.585. The number of fused-ring (bicyclic) bond motifs is 1. The molecule has 2 aromatic heterocycles. The number of carbonyl (C=O) groups excluding carboxylic acids is 1. The maximum atomic E-state index is 12.4. The maximum Gasteiger partial charge on any atom is 0.329 e. The van der Waals surface area contributed by atoms with Crippen LogP contribution in [0.5, 0.6) is 0 Å². The molecular weight excluding hydrogens is 358 g/mol. The van der Waals surface area contributed by atoms with Gasteiger partial charge in [0.1, 0.15) is 5.65 Å². The van der Waals surface area contributed by atoms with Crippen molar-refractivity contribution in [2.24, 2.45) is 7.05 Å². The highest BCUT2D eigenvalue weighted by molar-refractivity contribution is 5.96. The lowest BCUT2D eigenvalue weighted by atomic mass is 10.2. The van der Waals surface area contributed by atoms with E-state index in [1.54, 1.807) is 0 Å². The fourth-order valence-corrected chi connectivity index (χ4v) is 3.04. The van der Waals surface area contributed by atoms with E-state index in [0.717, 1.165) is 25.2 Å². The SMILES string of the molecule is CCN(CCCNC(=O)c1cnc2c(c1)c(=O)[nH]c(=O)n2C)c1ccccc1. The first-order valence-electron chi connectivity index (χ1n) is 9.18. The van der Waals surface area contributed by atoms with Gasteiger partial charge in [-0.3, -0.25) is 19.1 Å². The number of hydrogen-bond acceptors (Lipinski definition) is 5. The molecule has 3 aromatic rings. The monoisotopic (exact) mass is 381 g/mol. The van der Waals surface area contributed by atoms with Crippen LogP contribution >= 0.6 is 0 Å². The lowest BCUT2D eigenvalue weighted by molar-refractivity contribution is 0.0953. The second-order valence-electron chi connectivity index (χ2n) is 6.44. The lowest BCUT2D eigenvalue weighted by Gasteiger charge is -2.23. The fourth-order valence-electron chi connectivity index (χ4n) is 3.04. The van der Waals surface area contributed by atoms with Gasteiger partial charge in [-0.05, 0) is 31.5 Å². The number of rotatable bonds is 7. The highest BCUT2D eigenvalue weighted by atomic mass is 16.2. The maximum absolute atomic E-state index is 12.4. The highest BCUT2D eigenvalue weighted by Crippen LogP contribution is 2.13. The Kier molecular flexibility index (Phi) is 5.88. The molecule has 0 aliphatic heterocycles. The minimum atomic E-state index is -0.554. The molecule has 1 amide bonds. The number of aryl methyl sites for hydroxylation is 1. The summed E-state index contributed by atoms with van der Waals surface area (Å²) in [7, 11) is 1.51. The van der Waals surface area contributed by atoms with Gasteiger partial charge in [0.2, 0.25) is 0 Å². The Morgan fingerprint density at radius 2 is 2.00 bits per heavy atom. The van der Waals surface area contributed by atoms with Crippen molar-refractivity contribution in [1.82, 2.24) is 19.9 Å². The topological polar surface area (TPSA) is 100 Å². The summed E-state index contributed by atoms with van der Waals surface area (Å²) in [5.74, 6) is -0.301. The second kappa shape index (κ2) is 8.51. The third kappa shape index (κ3) is 4.11. The van der Waals surface area contributed by atoms with Crippen molar-refractivity contribution in [3.05, 3.63) is 69.0 Å². The van der Waals surface area contributed by atoms with Crippen molar-refractivity contribution >= 4 is 22.6 Å². The number of H-pyrrole nitrogens is 1. The van der Waals surface area contributed by atoms with Gasteiger partial charge in [0.05, 0.1) is 10.9 Å². The number of pyridine rings is 1. The summed E-state index contributed by atoms with van der Waals surface area (Å²) < 4.78 is 1.24. The molecule has 28 heavy (non-hydrogen) atoms. The van der Waals surface area contributed by atoms with E-state index in [1.165, 1.54) is 23.9 Å². The summed E-state index contributed by atoms with van der Waals surface area (Å²) in [5, 5.41) is 3.06. The molecule has 0 unspecified atom stereocenters. The smallest absolute Gasteiger partial charge is 0.329 e. The Hall–Kier alpha value is -3.42. The summed E-state index contributed by atoms with van der Waals surface area (Å²) in [6.45, 7) is 4.30. The van der Waals surface area contributed by atoms with E-state index in [2.05, 4.69) is 39.2 Å². The zero-order valence-corrected chi connectivity index (χ0v) is 15.9. The van der Waals surface area contributed by atoms with Crippen molar-refractivity contribution in [3.63, 3.8) is 0 Å². The molecular formula is C20H23N5O3. The van der Waals surface area contributed by atoms with Gasteiger partial charge in [0.15, 0.2) is 0 Å². The lowest BCUT2D eigenvalue weighted by Crippen LogP contribution is -2.31. The number of aromatic amines is 1. The third-order valence-electron chi connectivity index (χ3n) is 4.61. The minimum absolute atomic E-state index is 0.205. The van der Waals surface area contributed by atoms with E-state index in [1.807, 2.05) is 18.2 Å². The molecule has 0 saturated heterocycles. The van der Waals surface area contributed by atoms with Crippen LogP contribution in [0.1, 0.15) is 23.7 Å². The van der Waals surface area contributed by atoms with Crippen LogP contribution in [0.2, 0.25) is 0 Å². The number of nitrogens with one attached hydrogen (secondary N) is 2. The Balaban J connectivity index is 1.62. The molecule has 1 aromatic carbocycles. The molecule has 0 fully saturated rings. The number of nitrogens with zero attached hydrogens (tertiary/aromatic N) is 3. The molecule has 0 aliphatic carbocycles. The summed E-state index contributed by atoms with van der Waals surface area (Å²) in [4.78, 5) is 44.5. The molecule has 146 valence electrons. The predicted octanol–water partition coefficient (Wildman–Crippen LogP) is 1.27. The Bertz CT molecular complexity index is 1090. The number of anilines is 1. The molecule has 0 saturated carbocycles. The predicted molar refractivity (Wildman–Crippen MR) is 109 cm³/mol. The fraction of sp³-hybridized carbons (Fsp3) is 0.300. The average molecular weight is 381 g/mol. The van der Waals surface area contributed by atoms with Gasteiger partial charge in [-0.1, -0.05) is 18.2 Å². The number of hydrogen-bond donors (Lipinski definition) is 2. The van der Waals surface area contributed by atoms with Crippen LogP contribution in [0.15, 0.2) is 52.2 Å². The van der Waals surface area contributed by atoms with Crippen molar-refractivity contribution in [2.75, 3.05) is 24.5 Å². The summed E-state index contributed by atoms with van der Waals surface area (Å²) in [6, 6.07) is 11.6. The minimum Gasteiger partial charge on any atom is -0.372 e. The van der Waals surface area contributed by atoms with E-state index in [4.69, 9.17) is 0 Å². The van der Waals surface area contributed by atoms with E-state index >= 15 is 0 Å². The van der Waals surface area contributed by atoms with Gasteiger partial charge in [-0.15, -0.1) is 0 Å². The number of benzene rings is 1. The Morgan fingerprint density at radius 3 is 2.71 bits per heavy atom. The summed E-state index contributed by atoms with van der Waals surface area (Å²) in [6.07, 6.45) is 2.16. The number of aromatic nitrogens is 3. The van der Waals surface area contributed by atoms with Crippen molar-refractivity contribution < 1.29 is 4.79 Å². The molecule has 8 heteroatoms. The molecule has 0 atom stereocenters. The Morgan fingerprint density at radius 1 is 1.25 bits per heavy atom. The van der Waals surface area contributed by atoms with Crippen molar-refractivity contribution in [1.29, 1.82) is 0 Å². The highest BCUT2D eigenvalue weighted by Gasteiger charge is 2.11. The third-order valence-corrected chi connectivity index (χ3v) is 4.61. The molecule has 0 radical (unpaired) electrons. The molecule has 3 rings (SSSR count). The number of amides is 1. The molecule has 2 heterocycles. The van der Waals surface area contributed by atoms with Gasteiger partial charge in [0.25, 0.3) is 11.5 Å². The van der Waals surface area contributed by atoms with Crippen LogP contribution in [0.25, 0.3) is 11.0 Å². The molecule has 8 nitrogen and oxygen atoms in total. The van der Waals surface area contributed by atoms with Crippen LogP contribution in [0, 0.1) is 0 Å². The van der Waals surface area contributed by atoms with Crippen LogP contribution in [-0.4, -0.2) is 40.1 Å². The first-order chi connectivity index (χ1) is 13.5. The number of para-hydroxylation sites is 1. The van der Waals surface area contributed by atoms with Gasteiger partial charge in [-0.25, -0.2) is 9.78 Å². The molecule has 0 aliphatic rings. The largest absolute Gasteiger partial charge is 0.372 e. The Labute approximate surface area is 161 Å². The van der Waals surface area contributed by atoms with E-state index in [9.17, 15) is 14.4 Å². The summed E-state index contributed by atoms with van der Waals surface area (Å²) >= 11 is 0. The van der Waals surface area contributed by atoms with Crippen LogP contribution in [0.3, 0.4) is 0 Å². The average Bonchev–Trinajstić information content (AvgIpc) is 2.72. The standard InChI is InChI=1S/C20H23N5O3/c1-3-25(15-8-5-4-6-9-15)11-7-10-21-18(26)14-12-16-17(22-13-14)24(2)20(28)23-19(16)27/h4-6,8-9,12-13H,3,7,10-11H2,1-2H3,(H,21,26)(H,23,27,28). The van der Waals surface area contributed by atoms with E-state index in [-0.39, 0.29) is 22.5 Å². The van der Waals surface area contributed by atoms with E-state index in [0.29, 0.717) is 6.54 Å².